The van der Waals surface area contributed by atoms with Gasteiger partial charge in [-0.2, -0.15) is 18.3 Å². The highest BCUT2D eigenvalue weighted by Gasteiger charge is 2.33. The summed E-state index contributed by atoms with van der Waals surface area (Å²) in [7, 11) is 4.43. The minimum atomic E-state index is -4.50. The quantitative estimate of drug-likeness (QED) is 0.423. The van der Waals surface area contributed by atoms with Crippen molar-refractivity contribution in [3.63, 3.8) is 0 Å². The third-order valence-corrected chi connectivity index (χ3v) is 3.78. The van der Waals surface area contributed by atoms with E-state index >= 15 is 0 Å². The van der Waals surface area contributed by atoms with Gasteiger partial charge < -0.3 is 19.5 Å². The molecule has 0 saturated carbocycles. The van der Waals surface area contributed by atoms with E-state index in [1.807, 2.05) is 0 Å². The lowest BCUT2D eigenvalue weighted by atomic mass is 10.2. The number of para-hydroxylation sites is 1. The molecule has 2 aromatic carbocycles. The van der Waals surface area contributed by atoms with Gasteiger partial charge in [0, 0.05) is 5.56 Å². The van der Waals surface area contributed by atoms with Crippen LogP contribution in [0.15, 0.2) is 41.5 Å². The van der Waals surface area contributed by atoms with E-state index in [1.54, 1.807) is 12.1 Å². The molecule has 10 heteroatoms. The Morgan fingerprint density at radius 3 is 2.29 bits per heavy atom. The Morgan fingerprint density at radius 2 is 1.68 bits per heavy atom. The van der Waals surface area contributed by atoms with Crippen LogP contribution < -0.4 is 25.0 Å². The van der Waals surface area contributed by atoms with E-state index in [9.17, 15) is 13.2 Å². The van der Waals surface area contributed by atoms with Crippen LogP contribution in [0, 0.1) is 0 Å². The topological polar surface area (TPSA) is 64.1 Å². The van der Waals surface area contributed by atoms with Gasteiger partial charge in [-0.15, -0.1) is 0 Å². The Hall–Kier alpha value is -3.01. The van der Waals surface area contributed by atoms with Crippen LogP contribution in [-0.2, 0) is 6.18 Å². The smallest absolute Gasteiger partial charge is 0.418 e. The largest absolute Gasteiger partial charge is 0.493 e. The number of hydrazone groups is 1. The zero-order chi connectivity index (χ0) is 20.7. The summed E-state index contributed by atoms with van der Waals surface area (Å²) in [4.78, 5) is 0. The molecule has 2 rings (SSSR count). The second-order valence-electron chi connectivity index (χ2n) is 5.29. The van der Waals surface area contributed by atoms with Gasteiger partial charge in [-0.3, -0.25) is 5.43 Å². The number of anilines is 1. The lowest BCUT2D eigenvalue weighted by Gasteiger charge is -2.15. The molecule has 2 aromatic rings. The predicted octanol–water partition coefficient (Wildman–Crippen LogP) is 4.05. The summed E-state index contributed by atoms with van der Waals surface area (Å²) in [5.41, 5.74) is 2.01. The average molecular weight is 413 g/mol. The summed E-state index contributed by atoms with van der Waals surface area (Å²) in [6.45, 7) is 0. The standard InChI is InChI=1S/C18H18F3N3O3S/c1-25-14-9-8-11(15(26-2)16(14)27-3)10-22-24-17(28)23-13-7-5-4-6-12(13)18(19,20)21/h4-10H,1-3H3,(H2,23,24,28)/b22-10-. The minimum Gasteiger partial charge on any atom is -0.493 e. The molecule has 0 saturated heterocycles. The van der Waals surface area contributed by atoms with Crippen LogP contribution in [0.5, 0.6) is 17.2 Å². The molecule has 0 aliphatic heterocycles. The van der Waals surface area contributed by atoms with E-state index in [4.69, 9.17) is 26.4 Å². The second-order valence-corrected chi connectivity index (χ2v) is 5.70. The van der Waals surface area contributed by atoms with Crippen molar-refractivity contribution in [1.29, 1.82) is 0 Å². The number of nitrogens with one attached hydrogen (secondary N) is 2. The van der Waals surface area contributed by atoms with E-state index in [0.717, 1.165) is 6.07 Å². The molecule has 28 heavy (non-hydrogen) atoms. The third kappa shape index (κ3) is 5.03. The SMILES string of the molecule is COc1ccc(/C=N\NC(=S)Nc2ccccc2C(F)(F)F)c(OC)c1OC. The first kappa shape index (κ1) is 21.3. The maximum atomic E-state index is 13.0. The van der Waals surface area contributed by atoms with Crippen molar-refractivity contribution >= 4 is 29.2 Å². The van der Waals surface area contributed by atoms with Crippen molar-refractivity contribution in [3.8, 4) is 17.2 Å². The van der Waals surface area contributed by atoms with Crippen molar-refractivity contribution in [2.75, 3.05) is 26.6 Å². The molecule has 6 nitrogen and oxygen atoms in total. The van der Waals surface area contributed by atoms with Gasteiger partial charge in [0.25, 0.3) is 0 Å². The number of benzene rings is 2. The first-order valence-corrected chi connectivity index (χ1v) is 8.27. The van der Waals surface area contributed by atoms with Crippen LogP contribution in [0.1, 0.15) is 11.1 Å². The Bertz CT molecular complexity index is 873. The van der Waals surface area contributed by atoms with Gasteiger partial charge in [0.2, 0.25) is 5.75 Å². The van der Waals surface area contributed by atoms with E-state index in [2.05, 4.69) is 15.8 Å². The number of hydrogen-bond acceptors (Lipinski definition) is 5. The first-order valence-electron chi connectivity index (χ1n) is 7.87. The molecule has 0 fully saturated rings. The van der Waals surface area contributed by atoms with Gasteiger partial charge >= 0.3 is 6.18 Å². The molecule has 0 radical (unpaired) electrons. The molecule has 150 valence electrons. The van der Waals surface area contributed by atoms with Crippen LogP contribution in [-0.4, -0.2) is 32.7 Å². The van der Waals surface area contributed by atoms with Crippen molar-refractivity contribution < 1.29 is 27.4 Å². The zero-order valence-corrected chi connectivity index (χ0v) is 16.1. The lowest BCUT2D eigenvalue weighted by Crippen LogP contribution is -2.25. The normalized spacial score (nSPS) is 11.2. The maximum absolute atomic E-state index is 13.0. The highest BCUT2D eigenvalue weighted by atomic mass is 32.1. The molecule has 0 aliphatic carbocycles. The van der Waals surface area contributed by atoms with Gasteiger partial charge in [-0.05, 0) is 36.5 Å². The second kappa shape index (κ2) is 9.27. The minimum absolute atomic E-state index is 0.104. The Labute approximate surface area is 165 Å². The molecular formula is C18H18F3N3O3S. The summed E-state index contributed by atoms with van der Waals surface area (Å²) < 4.78 is 54.8. The number of ether oxygens (including phenoxy) is 3. The van der Waals surface area contributed by atoms with Crippen molar-refractivity contribution in [2.24, 2.45) is 5.10 Å². The Kier molecular flexibility index (Phi) is 7.05. The summed E-state index contributed by atoms with van der Waals surface area (Å²) in [5.74, 6) is 1.24. The van der Waals surface area contributed by atoms with E-state index in [1.165, 1.54) is 45.7 Å². The summed E-state index contributed by atoms with van der Waals surface area (Å²) in [5, 5.41) is 6.31. The number of alkyl halides is 3. The van der Waals surface area contributed by atoms with Crippen LogP contribution in [0.2, 0.25) is 0 Å². The molecule has 0 aliphatic rings. The highest BCUT2D eigenvalue weighted by Crippen LogP contribution is 2.39. The molecule has 2 N–H and O–H groups in total. The summed E-state index contributed by atoms with van der Waals surface area (Å²) in [6, 6.07) is 8.35. The number of nitrogens with zero attached hydrogens (tertiary/aromatic N) is 1. The van der Waals surface area contributed by atoms with Crippen LogP contribution >= 0.6 is 12.2 Å². The third-order valence-electron chi connectivity index (χ3n) is 3.59. The summed E-state index contributed by atoms with van der Waals surface area (Å²) in [6.07, 6.45) is -3.11. The number of halogens is 3. The number of methoxy groups -OCH3 is 3. The number of thiocarbonyl (C=S) groups is 1. The van der Waals surface area contributed by atoms with Gasteiger partial charge in [0.05, 0.1) is 38.8 Å². The summed E-state index contributed by atoms with van der Waals surface area (Å²) >= 11 is 5.00. The molecule has 0 heterocycles. The van der Waals surface area contributed by atoms with Crippen LogP contribution in [0.4, 0.5) is 18.9 Å². The fraction of sp³-hybridized carbons (Fsp3) is 0.222. The van der Waals surface area contributed by atoms with Gasteiger partial charge in [0.15, 0.2) is 16.6 Å². The zero-order valence-electron chi connectivity index (χ0n) is 15.3. The van der Waals surface area contributed by atoms with Crippen molar-refractivity contribution in [3.05, 3.63) is 47.5 Å². The molecular weight excluding hydrogens is 395 g/mol. The van der Waals surface area contributed by atoms with Crippen LogP contribution in [0.3, 0.4) is 0 Å². The van der Waals surface area contributed by atoms with Gasteiger partial charge in [-0.25, -0.2) is 0 Å². The van der Waals surface area contributed by atoms with E-state index in [-0.39, 0.29) is 10.8 Å². The van der Waals surface area contributed by atoms with Crippen molar-refractivity contribution in [2.45, 2.75) is 6.18 Å². The Morgan fingerprint density at radius 1 is 1.00 bits per heavy atom. The van der Waals surface area contributed by atoms with Crippen LogP contribution in [0.25, 0.3) is 0 Å². The number of rotatable bonds is 6. The van der Waals surface area contributed by atoms with Gasteiger partial charge in [-0.1, -0.05) is 12.1 Å². The van der Waals surface area contributed by atoms with Crippen molar-refractivity contribution in [1.82, 2.24) is 5.43 Å². The average Bonchev–Trinajstić information content (AvgIpc) is 2.66. The predicted molar refractivity (Wildman–Crippen MR) is 104 cm³/mol. The highest BCUT2D eigenvalue weighted by molar-refractivity contribution is 7.80. The first-order chi connectivity index (χ1) is 13.3. The van der Waals surface area contributed by atoms with E-state index in [0.29, 0.717) is 22.8 Å². The number of hydrogen-bond donors (Lipinski definition) is 2. The molecule has 0 amide bonds. The Balaban J connectivity index is 2.13. The fourth-order valence-electron chi connectivity index (χ4n) is 2.38. The van der Waals surface area contributed by atoms with E-state index < -0.39 is 11.7 Å². The fourth-order valence-corrected chi connectivity index (χ4v) is 2.54. The molecule has 0 spiro atoms. The maximum Gasteiger partial charge on any atom is 0.418 e. The lowest BCUT2D eigenvalue weighted by molar-refractivity contribution is -0.136. The molecule has 0 bridgehead atoms. The van der Waals surface area contributed by atoms with Gasteiger partial charge in [0.1, 0.15) is 0 Å². The molecule has 0 aromatic heterocycles. The molecule has 0 unspecified atom stereocenters. The molecule has 0 atom stereocenters. The monoisotopic (exact) mass is 413 g/mol.